The van der Waals surface area contributed by atoms with Crippen LogP contribution in [0.5, 0.6) is 0 Å². The van der Waals surface area contributed by atoms with Gasteiger partial charge in [0.25, 0.3) is 0 Å². The summed E-state index contributed by atoms with van der Waals surface area (Å²) < 4.78 is 13.3. The molecule has 2 aromatic carbocycles. The van der Waals surface area contributed by atoms with E-state index in [0.717, 1.165) is 12.0 Å². The molecule has 1 N–H and O–H groups in total. The predicted octanol–water partition coefficient (Wildman–Crippen LogP) is 5.09. The van der Waals surface area contributed by atoms with Crippen LogP contribution in [-0.2, 0) is 6.54 Å². The topological polar surface area (TPSA) is 12.0 Å². The summed E-state index contributed by atoms with van der Waals surface area (Å²) in [6.07, 6.45) is 1.03. The van der Waals surface area contributed by atoms with Crippen LogP contribution >= 0.6 is 0 Å². The molecule has 112 valence electrons. The fourth-order valence-electron chi connectivity index (χ4n) is 2.49. The van der Waals surface area contributed by atoms with Crippen LogP contribution in [-0.4, -0.2) is 0 Å². The first-order valence-electron chi connectivity index (χ1n) is 7.47. The Morgan fingerprint density at radius 2 is 1.71 bits per heavy atom. The van der Waals surface area contributed by atoms with E-state index in [1.807, 2.05) is 12.1 Å². The molecule has 0 fully saturated rings. The minimum absolute atomic E-state index is 0.179. The summed E-state index contributed by atoms with van der Waals surface area (Å²) in [6, 6.07) is 17.5. The van der Waals surface area contributed by atoms with Crippen molar-refractivity contribution in [3.8, 4) is 0 Å². The summed E-state index contributed by atoms with van der Waals surface area (Å²) in [5, 5.41) is 3.57. The Balaban J connectivity index is 2.09. The Kier molecular flexibility index (Phi) is 5.13. The molecule has 0 saturated heterocycles. The monoisotopic (exact) mass is 285 g/mol. The number of hydrogen-bond donors (Lipinski definition) is 1. The second-order valence-electron chi connectivity index (χ2n) is 6.74. The Hall–Kier alpha value is -1.67. The molecule has 2 aromatic rings. The van der Waals surface area contributed by atoms with E-state index in [1.165, 1.54) is 11.6 Å². The third-order valence-electron chi connectivity index (χ3n) is 3.46. The highest BCUT2D eigenvalue weighted by atomic mass is 19.1. The lowest BCUT2D eigenvalue weighted by molar-refractivity contribution is 0.310. The average molecular weight is 285 g/mol. The first kappa shape index (κ1) is 15.7. The van der Waals surface area contributed by atoms with Gasteiger partial charge in [-0.15, -0.1) is 0 Å². The lowest BCUT2D eigenvalue weighted by atomic mass is 9.85. The molecule has 21 heavy (non-hydrogen) atoms. The minimum atomic E-state index is -0.179. The van der Waals surface area contributed by atoms with E-state index in [4.69, 9.17) is 0 Å². The Bertz CT molecular complexity index is 557. The van der Waals surface area contributed by atoms with Crippen molar-refractivity contribution in [2.75, 3.05) is 0 Å². The van der Waals surface area contributed by atoms with Gasteiger partial charge in [-0.05, 0) is 35.1 Å². The van der Waals surface area contributed by atoms with Crippen LogP contribution in [0.15, 0.2) is 54.6 Å². The molecule has 0 aromatic heterocycles. The maximum absolute atomic E-state index is 13.3. The van der Waals surface area contributed by atoms with E-state index in [0.29, 0.717) is 6.54 Å². The van der Waals surface area contributed by atoms with Crippen molar-refractivity contribution in [2.45, 2.75) is 39.8 Å². The quantitative estimate of drug-likeness (QED) is 0.806. The predicted molar refractivity (Wildman–Crippen MR) is 86.5 cm³/mol. The van der Waals surface area contributed by atoms with Gasteiger partial charge >= 0.3 is 0 Å². The second kappa shape index (κ2) is 6.86. The van der Waals surface area contributed by atoms with Crippen LogP contribution in [0.2, 0.25) is 0 Å². The first-order valence-corrected chi connectivity index (χ1v) is 7.47. The molecule has 0 bridgehead atoms. The SMILES string of the molecule is CC(C)(C)CC(NCc1cccc(F)c1)c1ccccc1. The number of hydrogen-bond acceptors (Lipinski definition) is 1. The first-order chi connectivity index (χ1) is 9.94. The highest BCUT2D eigenvalue weighted by molar-refractivity contribution is 5.21. The van der Waals surface area contributed by atoms with Crippen molar-refractivity contribution in [3.63, 3.8) is 0 Å². The third kappa shape index (κ3) is 5.31. The van der Waals surface area contributed by atoms with Gasteiger partial charge in [-0.1, -0.05) is 63.2 Å². The molecule has 1 unspecified atom stereocenters. The van der Waals surface area contributed by atoms with Crippen molar-refractivity contribution in [1.29, 1.82) is 0 Å². The van der Waals surface area contributed by atoms with E-state index in [-0.39, 0.29) is 17.3 Å². The fraction of sp³-hybridized carbons (Fsp3) is 0.368. The van der Waals surface area contributed by atoms with Crippen LogP contribution < -0.4 is 5.32 Å². The summed E-state index contributed by atoms with van der Waals surface area (Å²) in [4.78, 5) is 0. The van der Waals surface area contributed by atoms with Crippen LogP contribution in [0.1, 0.15) is 44.4 Å². The van der Waals surface area contributed by atoms with Gasteiger partial charge in [-0.25, -0.2) is 4.39 Å². The molecule has 0 amide bonds. The molecule has 0 aliphatic rings. The van der Waals surface area contributed by atoms with E-state index in [1.54, 1.807) is 12.1 Å². The van der Waals surface area contributed by atoms with E-state index >= 15 is 0 Å². The summed E-state index contributed by atoms with van der Waals surface area (Å²) in [5.41, 5.74) is 2.49. The van der Waals surface area contributed by atoms with Crippen LogP contribution in [0.3, 0.4) is 0 Å². The molecule has 0 spiro atoms. The van der Waals surface area contributed by atoms with Gasteiger partial charge in [0.05, 0.1) is 0 Å². The molecule has 2 heteroatoms. The van der Waals surface area contributed by atoms with Crippen molar-refractivity contribution in [1.82, 2.24) is 5.32 Å². The van der Waals surface area contributed by atoms with Crippen LogP contribution in [0.4, 0.5) is 4.39 Å². The smallest absolute Gasteiger partial charge is 0.123 e. The minimum Gasteiger partial charge on any atom is -0.306 e. The maximum Gasteiger partial charge on any atom is 0.123 e. The molecular weight excluding hydrogens is 261 g/mol. The van der Waals surface area contributed by atoms with E-state index < -0.39 is 0 Å². The van der Waals surface area contributed by atoms with Crippen molar-refractivity contribution in [2.24, 2.45) is 5.41 Å². The summed E-state index contributed by atoms with van der Waals surface area (Å²) in [7, 11) is 0. The Labute approximate surface area is 127 Å². The zero-order valence-corrected chi connectivity index (χ0v) is 13.1. The van der Waals surface area contributed by atoms with Crippen LogP contribution in [0.25, 0.3) is 0 Å². The molecule has 0 heterocycles. The van der Waals surface area contributed by atoms with Gasteiger partial charge in [0, 0.05) is 12.6 Å². The molecule has 0 aliphatic carbocycles. The zero-order chi connectivity index (χ0) is 15.3. The van der Waals surface area contributed by atoms with Gasteiger partial charge in [-0.2, -0.15) is 0 Å². The van der Waals surface area contributed by atoms with Gasteiger partial charge in [0.1, 0.15) is 5.82 Å². The Morgan fingerprint density at radius 1 is 1.00 bits per heavy atom. The largest absolute Gasteiger partial charge is 0.306 e. The van der Waals surface area contributed by atoms with Gasteiger partial charge < -0.3 is 5.32 Å². The second-order valence-corrected chi connectivity index (χ2v) is 6.74. The van der Waals surface area contributed by atoms with Crippen LogP contribution in [0, 0.1) is 11.2 Å². The van der Waals surface area contributed by atoms with Crippen molar-refractivity contribution >= 4 is 0 Å². The fourth-order valence-corrected chi connectivity index (χ4v) is 2.49. The number of nitrogens with one attached hydrogen (secondary N) is 1. The maximum atomic E-state index is 13.3. The summed E-state index contributed by atoms with van der Waals surface area (Å²) in [6.45, 7) is 7.40. The molecule has 1 nitrogen and oxygen atoms in total. The van der Waals surface area contributed by atoms with Gasteiger partial charge in [0.15, 0.2) is 0 Å². The lowest BCUT2D eigenvalue weighted by Gasteiger charge is -2.27. The molecule has 0 saturated carbocycles. The Morgan fingerprint density at radius 3 is 2.33 bits per heavy atom. The number of benzene rings is 2. The average Bonchev–Trinajstić information content (AvgIpc) is 2.43. The van der Waals surface area contributed by atoms with Crippen molar-refractivity contribution < 1.29 is 4.39 Å². The lowest BCUT2D eigenvalue weighted by Crippen LogP contribution is -2.25. The molecular formula is C19H24FN. The third-order valence-corrected chi connectivity index (χ3v) is 3.46. The number of halogens is 1. The molecule has 0 radical (unpaired) electrons. The van der Waals surface area contributed by atoms with Gasteiger partial charge in [0.2, 0.25) is 0 Å². The summed E-state index contributed by atoms with van der Waals surface area (Å²) >= 11 is 0. The standard InChI is InChI=1S/C19H24FN/c1-19(2,3)13-18(16-9-5-4-6-10-16)21-14-15-8-7-11-17(20)12-15/h4-12,18,21H,13-14H2,1-3H3. The molecule has 2 rings (SSSR count). The molecule has 0 aliphatic heterocycles. The summed E-state index contributed by atoms with van der Waals surface area (Å²) in [5.74, 6) is -0.179. The van der Waals surface area contributed by atoms with E-state index in [2.05, 4.69) is 50.4 Å². The van der Waals surface area contributed by atoms with Crippen molar-refractivity contribution in [3.05, 3.63) is 71.5 Å². The number of rotatable bonds is 5. The van der Waals surface area contributed by atoms with Gasteiger partial charge in [-0.3, -0.25) is 0 Å². The zero-order valence-electron chi connectivity index (χ0n) is 13.1. The molecule has 1 atom stereocenters. The normalized spacial score (nSPS) is 13.1. The van der Waals surface area contributed by atoms with E-state index in [9.17, 15) is 4.39 Å². The highest BCUT2D eigenvalue weighted by Crippen LogP contribution is 2.29. The highest BCUT2D eigenvalue weighted by Gasteiger charge is 2.19.